The molecule has 90 valence electrons. The van der Waals surface area contributed by atoms with Crippen LogP contribution in [-0.4, -0.2) is 11.0 Å². The second kappa shape index (κ2) is 5.19. The molecule has 0 heterocycles. The molecule has 0 spiro atoms. The molecule has 0 aliphatic rings. The summed E-state index contributed by atoms with van der Waals surface area (Å²) in [6.07, 6.45) is 1.73. The summed E-state index contributed by atoms with van der Waals surface area (Å²) in [6.45, 7) is 3.66. The number of anilines is 1. The molecule has 2 aromatic rings. The predicted octanol–water partition coefficient (Wildman–Crippen LogP) is 3.29. The maximum Gasteiger partial charge on any atom is 0.259 e. The number of nitrogens with one attached hydrogen (secondary N) is 1. The van der Waals surface area contributed by atoms with Crippen LogP contribution in [0.4, 0.5) is 5.69 Å². The van der Waals surface area contributed by atoms with Crippen molar-refractivity contribution >= 4 is 17.7 Å². The number of benzene rings is 2. The van der Waals surface area contributed by atoms with Gasteiger partial charge in [-0.25, -0.2) is 0 Å². The number of amides is 1. The fraction of sp³-hybridized carbons (Fsp3) is 0. The summed E-state index contributed by atoms with van der Waals surface area (Å²) in [7, 11) is 0. The summed E-state index contributed by atoms with van der Waals surface area (Å²) in [5, 5.41) is 12.3. The van der Waals surface area contributed by atoms with Crippen LogP contribution in [0, 0.1) is 0 Å². The van der Waals surface area contributed by atoms with Gasteiger partial charge in [-0.1, -0.05) is 36.9 Å². The minimum atomic E-state index is -0.334. The highest BCUT2D eigenvalue weighted by Gasteiger charge is 2.09. The molecule has 0 unspecified atom stereocenters. The highest BCUT2D eigenvalue weighted by molar-refractivity contribution is 6.06. The molecule has 0 bridgehead atoms. The third-order valence-electron chi connectivity index (χ3n) is 2.55. The summed E-state index contributed by atoms with van der Waals surface area (Å²) in [5.74, 6) is -0.364. The Hall–Kier alpha value is -2.55. The van der Waals surface area contributed by atoms with E-state index in [-0.39, 0.29) is 17.2 Å². The van der Waals surface area contributed by atoms with Crippen LogP contribution in [0.15, 0.2) is 55.1 Å². The smallest absolute Gasteiger partial charge is 0.259 e. The lowest BCUT2D eigenvalue weighted by Gasteiger charge is -2.06. The number of rotatable bonds is 3. The number of phenols is 1. The molecule has 0 atom stereocenters. The van der Waals surface area contributed by atoms with Crippen molar-refractivity contribution in [1.29, 1.82) is 0 Å². The van der Waals surface area contributed by atoms with Crippen molar-refractivity contribution in [2.45, 2.75) is 0 Å². The molecule has 0 saturated heterocycles. The van der Waals surface area contributed by atoms with Gasteiger partial charge >= 0.3 is 0 Å². The van der Waals surface area contributed by atoms with Crippen molar-refractivity contribution in [3.63, 3.8) is 0 Å². The van der Waals surface area contributed by atoms with Crippen molar-refractivity contribution in [2.75, 3.05) is 5.32 Å². The molecule has 0 aromatic heterocycles. The van der Waals surface area contributed by atoms with E-state index in [0.717, 1.165) is 5.56 Å². The van der Waals surface area contributed by atoms with Crippen LogP contribution < -0.4 is 5.32 Å². The first-order valence-corrected chi connectivity index (χ1v) is 5.52. The molecule has 1 amide bonds. The van der Waals surface area contributed by atoms with Gasteiger partial charge in [-0.3, -0.25) is 4.79 Å². The number of carbonyl (C=O) groups is 1. The molecule has 0 radical (unpaired) electrons. The van der Waals surface area contributed by atoms with Gasteiger partial charge in [0.2, 0.25) is 0 Å². The van der Waals surface area contributed by atoms with E-state index >= 15 is 0 Å². The second-order valence-corrected chi connectivity index (χ2v) is 3.80. The predicted molar refractivity (Wildman–Crippen MR) is 72.6 cm³/mol. The van der Waals surface area contributed by atoms with E-state index in [1.54, 1.807) is 36.4 Å². The van der Waals surface area contributed by atoms with Crippen molar-refractivity contribution in [3.8, 4) is 5.75 Å². The van der Waals surface area contributed by atoms with Crippen LogP contribution in [0.2, 0.25) is 0 Å². The molecule has 3 heteroatoms. The normalized spacial score (nSPS) is 9.78. The monoisotopic (exact) mass is 239 g/mol. The number of phenolic OH excluding ortho intramolecular Hbond substituents is 1. The van der Waals surface area contributed by atoms with Crippen molar-refractivity contribution in [1.82, 2.24) is 0 Å². The quantitative estimate of drug-likeness (QED) is 0.863. The molecular weight excluding hydrogens is 226 g/mol. The molecule has 0 fully saturated rings. The third kappa shape index (κ3) is 2.58. The zero-order chi connectivity index (χ0) is 13.0. The van der Waals surface area contributed by atoms with Gasteiger partial charge in [-0.05, 0) is 29.8 Å². The highest BCUT2D eigenvalue weighted by atomic mass is 16.3. The Balaban J connectivity index is 2.16. The Kier molecular flexibility index (Phi) is 3.44. The van der Waals surface area contributed by atoms with E-state index < -0.39 is 0 Å². The first-order chi connectivity index (χ1) is 8.70. The van der Waals surface area contributed by atoms with Gasteiger partial charge in [0.25, 0.3) is 5.91 Å². The summed E-state index contributed by atoms with van der Waals surface area (Å²) >= 11 is 0. The van der Waals surface area contributed by atoms with Crippen LogP contribution in [0.5, 0.6) is 5.75 Å². The minimum absolute atomic E-state index is 0.0299. The maximum atomic E-state index is 11.9. The molecule has 0 aliphatic carbocycles. The van der Waals surface area contributed by atoms with Crippen molar-refractivity contribution < 1.29 is 9.90 Å². The van der Waals surface area contributed by atoms with Crippen LogP contribution in [0.25, 0.3) is 6.08 Å². The van der Waals surface area contributed by atoms with Crippen molar-refractivity contribution in [3.05, 3.63) is 66.2 Å². The van der Waals surface area contributed by atoms with Crippen molar-refractivity contribution in [2.24, 2.45) is 0 Å². The van der Waals surface area contributed by atoms with Crippen LogP contribution >= 0.6 is 0 Å². The fourth-order valence-corrected chi connectivity index (χ4v) is 1.57. The molecule has 0 saturated carbocycles. The number of aromatic hydroxyl groups is 1. The van der Waals surface area contributed by atoms with Gasteiger partial charge in [0.1, 0.15) is 5.75 Å². The number of para-hydroxylation sites is 1. The summed E-state index contributed by atoms with van der Waals surface area (Å²) in [5.41, 5.74) is 1.91. The van der Waals surface area contributed by atoms with E-state index in [4.69, 9.17) is 0 Å². The highest BCUT2D eigenvalue weighted by Crippen LogP contribution is 2.18. The lowest BCUT2D eigenvalue weighted by Crippen LogP contribution is -2.11. The van der Waals surface area contributed by atoms with Crippen LogP contribution in [0.3, 0.4) is 0 Å². The average molecular weight is 239 g/mol. The molecule has 18 heavy (non-hydrogen) atoms. The Morgan fingerprint density at radius 3 is 2.39 bits per heavy atom. The van der Waals surface area contributed by atoms with Gasteiger partial charge in [0.05, 0.1) is 5.56 Å². The van der Waals surface area contributed by atoms with Gasteiger partial charge in [-0.15, -0.1) is 0 Å². The van der Waals surface area contributed by atoms with Gasteiger partial charge in [0, 0.05) is 5.69 Å². The van der Waals surface area contributed by atoms with Gasteiger partial charge in [-0.2, -0.15) is 0 Å². The first-order valence-electron chi connectivity index (χ1n) is 5.52. The van der Waals surface area contributed by atoms with E-state index in [9.17, 15) is 9.90 Å². The second-order valence-electron chi connectivity index (χ2n) is 3.80. The number of hydrogen-bond donors (Lipinski definition) is 2. The Labute approximate surface area is 105 Å². The van der Waals surface area contributed by atoms with E-state index in [1.807, 2.05) is 12.1 Å². The molecule has 2 aromatic carbocycles. The topological polar surface area (TPSA) is 49.3 Å². The van der Waals surface area contributed by atoms with Crippen LogP contribution in [-0.2, 0) is 0 Å². The fourth-order valence-electron chi connectivity index (χ4n) is 1.57. The summed E-state index contributed by atoms with van der Waals surface area (Å²) < 4.78 is 0. The largest absolute Gasteiger partial charge is 0.507 e. The lowest BCUT2D eigenvalue weighted by molar-refractivity contribution is 0.102. The Morgan fingerprint density at radius 2 is 1.78 bits per heavy atom. The van der Waals surface area contributed by atoms with E-state index in [0.29, 0.717) is 5.69 Å². The third-order valence-corrected chi connectivity index (χ3v) is 2.55. The number of carbonyl (C=O) groups excluding carboxylic acids is 1. The maximum absolute atomic E-state index is 11.9. The SMILES string of the molecule is C=Cc1ccc(NC(=O)c2ccccc2O)cc1. The van der Waals surface area contributed by atoms with Gasteiger partial charge in [0.15, 0.2) is 0 Å². The molecular formula is C15H13NO2. The van der Waals surface area contributed by atoms with Crippen LogP contribution in [0.1, 0.15) is 15.9 Å². The number of hydrogen-bond acceptors (Lipinski definition) is 2. The zero-order valence-electron chi connectivity index (χ0n) is 9.76. The standard InChI is InChI=1S/C15H13NO2/c1-2-11-7-9-12(10-8-11)16-15(18)13-5-3-4-6-14(13)17/h2-10,17H,1H2,(H,16,18). The molecule has 2 N–H and O–H groups in total. The zero-order valence-corrected chi connectivity index (χ0v) is 9.76. The first kappa shape index (κ1) is 11.9. The molecule has 3 nitrogen and oxygen atoms in total. The minimum Gasteiger partial charge on any atom is -0.507 e. The lowest BCUT2D eigenvalue weighted by atomic mass is 10.1. The summed E-state index contributed by atoms with van der Waals surface area (Å²) in [6, 6.07) is 13.7. The van der Waals surface area contributed by atoms with E-state index in [1.165, 1.54) is 6.07 Å². The molecule has 0 aliphatic heterocycles. The summed E-state index contributed by atoms with van der Waals surface area (Å²) in [4.78, 5) is 11.9. The van der Waals surface area contributed by atoms with E-state index in [2.05, 4.69) is 11.9 Å². The Morgan fingerprint density at radius 1 is 1.11 bits per heavy atom. The van der Waals surface area contributed by atoms with Gasteiger partial charge < -0.3 is 10.4 Å². The Bertz CT molecular complexity index is 573. The average Bonchev–Trinajstić information content (AvgIpc) is 2.40. The molecule has 2 rings (SSSR count).